The van der Waals surface area contributed by atoms with Gasteiger partial charge in [-0.3, -0.25) is 9.79 Å². The van der Waals surface area contributed by atoms with Crippen molar-refractivity contribution in [3.8, 4) is 10.6 Å². The summed E-state index contributed by atoms with van der Waals surface area (Å²) in [4.78, 5) is 21.0. The van der Waals surface area contributed by atoms with Crippen LogP contribution < -0.4 is 16.4 Å². The molecule has 1 aliphatic heterocycles. The fourth-order valence-electron chi connectivity index (χ4n) is 3.20. The van der Waals surface area contributed by atoms with Crippen molar-refractivity contribution in [2.45, 2.75) is 12.5 Å². The molecule has 1 amide bonds. The van der Waals surface area contributed by atoms with Crippen LogP contribution in [0.2, 0.25) is 0 Å². The van der Waals surface area contributed by atoms with Crippen LogP contribution in [0.4, 0.5) is 13.8 Å². The predicted molar refractivity (Wildman–Crippen MR) is 106 cm³/mol. The lowest BCUT2D eigenvalue weighted by Gasteiger charge is -2.20. The summed E-state index contributed by atoms with van der Waals surface area (Å²) in [5.74, 6) is -2.08. The first kappa shape index (κ1) is 20.0. The molecule has 10 heteroatoms. The molecule has 28 heavy (non-hydrogen) atoms. The molecule has 1 saturated heterocycles. The molecule has 0 aliphatic carbocycles. The SMILES string of the molecule is CN=C(C1CCNC1)C(C=N)NC(=O)c1nc(-c2c(F)cccc2F)sc1N. The van der Waals surface area contributed by atoms with Gasteiger partial charge in [-0.1, -0.05) is 17.4 Å². The topological polar surface area (TPSA) is 116 Å². The third-order valence-corrected chi connectivity index (χ3v) is 5.46. The van der Waals surface area contributed by atoms with Gasteiger partial charge in [-0.15, -0.1) is 0 Å². The summed E-state index contributed by atoms with van der Waals surface area (Å²) < 4.78 is 28.0. The number of hydrogen-bond acceptors (Lipinski definition) is 7. The van der Waals surface area contributed by atoms with Crippen LogP contribution in [-0.4, -0.2) is 49.0 Å². The summed E-state index contributed by atoms with van der Waals surface area (Å²) in [6.07, 6.45) is 1.96. The number of nitrogens with zero attached hydrogens (tertiary/aromatic N) is 2. The van der Waals surface area contributed by atoms with E-state index in [0.717, 1.165) is 49.2 Å². The van der Waals surface area contributed by atoms with E-state index in [2.05, 4.69) is 20.6 Å². The molecule has 2 aromatic rings. The minimum Gasteiger partial charge on any atom is -0.389 e. The number of nitrogens with two attached hydrogens (primary N) is 1. The highest BCUT2D eigenvalue weighted by atomic mass is 32.1. The number of halogens is 2. The summed E-state index contributed by atoms with van der Waals surface area (Å²) in [7, 11) is 1.62. The average Bonchev–Trinajstić information content (AvgIpc) is 3.31. The van der Waals surface area contributed by atoms with E-state index in [1.54, 1.807) is 7.05 Å². The van der Waals surface area contributed by atoms with Crippen molar-refractivity contribution < 1.29 is 13.6 Å². The minimum absolute atomic E-state index is 0.0194. The highest BCUT2D eigenvalue weighted by molar-refractivity contribution is 7.19. The molecule has 148 valence electrons. The zero-order valence-corrected chi connectivity index (χ0v) is 15.9. The van der Waals surface area contributed by atoms with Crippen LogP contribution in [-0.2, 0) is 0 Å². The molecule has 2 heterocycles. The van der Waals surface area contributed by atoms with Crippen LogP contribution >= 0.6 is 11.3 Å². The van der Waals surface area contributed by atoms with E-state index >= 15 is 0 Å². The summed E-state index contributed by atoms with van der Waals surface area (Å²) in [5.41, 5.74) is 6.11. The normalized spacial score (nSPS) is 18.1. The first-order valence-electron chi connectivity index (χ1n) is 8.65. The first-order valence-corrected chi connectivity index (χ1v) is 9.47. The maximum Gasteiger partial charge on any atom is 0.273 e. The van der Waals surface area contributed by atoms with Gasteiger partial charge < -0.3 is 21.8 Å². The highest BCUT2D eigenvalue weighted by Gasteiger charge is 2.28. The summed E-state index contributed by atoms with van der Waals surface area (Å²) in [5, 5.41) is 13.6. The second kappa shape index (κ2) is 8.53. The molecule has 3 rings (SSSR count). The molecule has 5 N–H and O–H groups in total. The zero-order valence-electron chi connectivity index (χ0n) is 15.1. The van der Waals surface area contributed by atoms with Crippen molar-refractivity contribution in [1.29, 1.82) is 5.41 Å². The van der Waals surface area contributed by atoms with Crippen molar-refractivity contribution in [3.63, 3.8) is 0 Å². The Kier molecular flexibility index (Phi) is 6.10. The smallest absolute Gasteiger partial charge is 0.273 e. The van der Waals surface area contributed by atoms with Crippen molar-refractivity contribution in [1.82, 2.24) is 15.6 Å². The predicted octanol–water partition coefficient (Wildman–Crippen LogP) is 2.10. The zero-order chi connectivity index (χ0) is 20.3. The molecule has 0 bridgehead atoms. The van der Waals surface area contributed by atoms with Gasteiger partial charge in [-0.25, -0.2) is 13.8 Å². The Balaban J connectivity index is 1.84. The molecule has 0 saturated carbocycles. The molecule has 2 atom stereocenters. The van der Waals surface area contributed by atoms with Crippen LogP contribution in [0.25, 0.3) is 10.6 Å². The van der Waals surface area contributed by atoms with Gasteiger partial charge in [0.2, 0.25) is 0 Å². The monoisotopic (exact) mass is 406 g/mol. The second-order valence-electron chi connectivity index (χ2n) is 6.28. The fraction of sp³-hybridized carbons (Fsp3) is 0.333. The molecule has 1 aliphatic rings. The molecular weight excluding hydrogens is 386 g/mol. The molecule has 1 aromatic heterocycles. The van der Waals surface area contributed by atoms with Crippen molar-refractivity contribution >= 4 is 34.2 Å². The van der Waals surface area contributed by atoms with Crippen LogP contribution in [0.15, 0.2) is 23.2 Å². The number of thiazole rings is 1. The molecule has 0 radical (unpaired) electrons. The average molecular weight is 406 g/mol. The van der Waals surface area contributed by atoms with E-state index in [4.69, 9.17) is 11.1 Å². The number of carbonyl (C=O) groups is 1. The first-order chi connectivity index (χ1) is 13.5. The lowest BCUT2D eigenvalue weighted by Crippen LogP contribution is -2.45. The lowest BCUT2D eigenvalue weighted by molar-refractivity contribution is 0.0950. The van der Waals surface area contributed by atoms with Gasteiger partial charge in [0, 0.05) is 31.4 Å². The summed E-state index contributed by atoms with van der Waals surface area (Å²) in [6, 6.07) is 2.76. The highest BCUT2D eigenvalue weighted by Crippen LogP contribution is 2.33. The van der Waals surface area contributed by atoms with Gasteiger partial charge in [0.15, 0.2) is 5.69 Å². The molecular formula is C18H20F2N6OS. The van der Waals surface area contributed by atoms with E-state index < -0.39 is 23.6 Å². The summed E-state index contributed by atoms with van der Waals surface area (Å²) >= 11 is 0.827. The van der Waals surface area contributed by atoms with Gasteiger partial charge in [-0.05, 0) is 25.1 Å². The Labute approximate surface area is 164 Å². The number of amides is 1. The van der Waals surface area contributed by atoms with Crippen LogP contribution in [0, 0.1) is 23.0 Å². The van der Waals surface area contributed by atoms with Crippen molar-refractivity contribution in [2.75, 3.05) is 25.9 Å². The van der Waals surface area contributed by atoms with Crippen molar-refractivity contribution in [3.05, 3.63) is 35.5 Å². The molecule has 1 aromatic carbocycles. The van der Waals surface area contributed by atoms with E-state index in [1.165, 1.54) is 6.07 Å². The Hall–Kier alpha value is -2.72. The largest absolute Gasteiger partial charge is 0.389 e. The van der Waals surface area contributed by atoms with Crippen molar-refractivity contribution in [2.24, 2.45) is 10.9 Å². The molecule has 7 nitrogen and oxygen atoms in total. The van der Waals surface area contributed by atoms with Crippen LogP contribution in [0.5, 0.6) is 0 Å². The lowest BCUT2D eigenvalue weighted by atomic mass is 9.96. The maximum atomic E-state index is 14.0. The third kappa shape index (κ3) is 3.92. The Morgan fingerprint density at radius 1 is 1.50 bits per heavy atom. The second-order valence-corrected chi connectivity index (χ2v) is 7.32. The molecule has 1 fully saturated rings. The minimum atomic E-state index is -0.785. The van der Waals surface area contributed by atoms with Gasteiger partial charge in [0.25, 0.3) is 5.91 Å². The van der Waals surface area contributed by atoms with Crippen LogP contribution in [0.3, 0.4) is 0 Å². The molecule has 2 unspecified atom stereocenters. The number of hydrogen-bond donors (Lipinski definition) is 4. The number of benzene rings is 1. The number of nitrogen functional groups attached to an aromatic ring is 1. The number of carbonyl (C=O) groups excluding carboxylic acids is 1. The van der Waals surface area contributed by atoms with Gasteiger partial charge in [0.05, 0.1) is 5.56 Å². The Morgan fingerprint density at radius 2 is 2.21 bits per heavy atom. The quantitative estimate of drug-likeness (QED) is 0.550. The van der Waals surface area contributed by atoms with E-state index in [-0.39, 0.29) is 27.2 Å². The van der Waals surface area contributed by atoms with E-state index in [1.807, 2.05) is 0 Å². The number of aliphatic imine (C=N–C) groups is 1. The third-order valence-electron chi connectivity index (χ3n) is 4.55. The van der Waals surface area contributed by atoms with Gasteiger partial charge in [0.1, 0.15) is 27.7 Å². The number of nitrogens with one attached hydrogen (secondary N) is 3. The van der Waals surface area contributed by atoms with Crippen LogP contribution in [0.1, 0.15) is 16.9 Å². The number of anilines is 1. The standard InChI is InChI=1S/C18H20F2N6OS/c1-23-14(9-5-6-24-8-9)12(7-21)25-17(27)15-16(22)28-18(26-15)13-10(19)3-2-4-11(13)20/h2-4,7,9,12,21,24H,5-6,8,22H2,1H3,(H,25,27). The summed E-state index contributed by atoms with van der Waals surface area (Å²) in [6.45, 7) is 1.57. The van der Waals surface area contributed by atoms with Gasteiger partial charge in [-0.2, -0.15) is 0 Å². The van der Waals surface area contributed by atoms with E-state index in [9.17, 15) is 13.6 Å². The van der Waals surface area contributed by atoms with E-state index in [0.29, 0.717) is 5.71 Å². The maximum absolute atomic E-state index is 14.0. The number of rotatable bonds is 6. The molecule has 0 spiro atoms. The fourth-order valence-corrected chi connectivity index (χ4v) is 4.07. The Morgan fingerprint density at radius 3 is 2.79 bits per heavy atom. The number of aromatic nitrogens is 1. The van der Waals surface area contributed by atoms with Gasteiger partial charge >= 0.3 is 0 Å². The Bertz CT molecular complexity index is 903.